The van der Waals surface area contributed by atoms with Crippen molar-refractivity contribution in [3.05, 3.63) is 66.2 Å². The molecule has 3 amide bonds. The van der Waals surface area contributed by atoms with Gasteiger partial charge in [0.05, 0.1) is 5.92 Å². The standard InChI is InChI=1S/C23H25N3O3/c27-21-14-17(15-26(21)19-9-5-2-6-10-19)22(28)25-20(23(29)24-18-11-12-18)13-16-7-3-1-4-8-16/h1-10,17-18,20H,11-15H2,(H,24,29)(H,25,28)/t17-,20-/m1/s1. The minimum Gasteiger partial charge on any atom is -0.352 e. The van der Waals surface area contributed by atoms with Gasteiger partial charge in [-0.25, -0.2) is 0 Å². The molecule has 1 saturated heterocycles. The Labute approximate surface area is 170 Å². The largest absolute Gasteiger partial charge is 0.352 e. The van der Waals surface area contributed by atoms with Crippen LogP contribution >= 0.6 is 0 Å². The minimum absolute atomic E-state index is 0.0709. The van der Waals surface area contributed by atoms with Crippen molar-refractivity contribution >= 4 is 23.4 Å². The first kappa shape index (κ1) is 19.2. The molecular formula is C23H25N3O3. The van der Waals surface area contributed by atoms with Crippen molar-refractivity contribution in [2.45, 2.75) is 37.8 Å². The van der Waals surface area contributed by atoms with Crippen LogP contribution in [0.5, 0.6) is 0 Å². The average Bonchev–Trinajstić information content (AvgIpc) is 3.47. The van der Waals surface area contributed by atoms with Gasteiger partial charge in [-0.2, -0.15) is 0 Å². The molecule has 6 nitrogen and oxygen atoms in total. The summed E-state index contributed by atoms with van der Waals surface area (Å²) in [4.78, 5) is 39.7. The Morgan fingerprint density at radius 1 is 1.00 bits per heavy atom. The topological polar surface area (TPSA) is 78.5 Å². The maximum atomic E-state index is 12.9. The van der Waals surface area contributed by atoms with Crippen molar-refractivity contribution in [3.63, 3.8) is 0 Å². The lowest BCUT2D eigenvalue weighted by atomic mass is 10.0. The lowest BCUT2D eigenvalue weighted by molar-refractivity contribution is -0.131. The summed E-state index contributed by atoms with van der Waals surface area (Å²) < 4.78 is 0. The van der Waals surface area contributed by atoms with Gasteiger partial charge in [0, 0.05) is 31.1 Å². The van der Waals surface area contributed by atoms with Crippen LogP contribution in [0.2, 0.25) is 0 Å². The summed E-state index contributed by atoms with van der Waals surface area (Å²) in [5, 5.41) is 5.89. The zero-order chi connectivity index (χ0) is 20.2. The Kier molecular flexibility index (Phi) is 5.60. The van der Waals surface area contributed by atoms with E-state index in [1.807, 2.05) is 60.7 Å². The second kappa shape index (κ2) is 8.47. The summed E-state index contributed by atoms with van der Waals surface area (Å²) in [5.41, 5.74) is 1.78. The third-order valence-electron chi connectivity index (χ3n) is 5.40. The number of hydrogen-bond donors (Lipinski definition) is 2. The molecule has 0 bridgehead atoms. The van der Waals surface area contributed by atoms with E-state index in [-0.39, 0.29) is 30.2 Å². The van der Waals surface area contributed by atoms with Gasteiger partial charge >= 0.3 is 0 Å². The molecule has 1 aliphatic heterocycles. The normalized spacial score (nSPS) is 19.7. The zero-order valence-corrected chi connectivity index (χ0v) is 16.2. The molecule has 1 saturated carbocycles. The van der Waals surface area contributed by atoms with E-state index < -0.39 is 12.0 Å². The van der Waals surface area contributed by atoms with E-state index >= 15 is 0 Å². The summed E-state index contributed by atoms with van der Waals surface area (Å²) >= 11 is 0. The smallest absolute Gasteiger partial charge is 0.243 e. The van der Waals surface area contributed by atoms with Crippen LogP contribution in [0.25, 0.3) is 0 Å². The summed E-state index contributed by atoms with van der Waals surface area (Å²) in [6, 6.07) is 18.6. The van der Waals surface area contributed by atoms with Crippen molar-refractivity contribution < 1.29 is 14.4 Å². The van der Waals surface area contributed by atoms with Gasteiger partial charge in [0.2, 0.25) is 17.7 Å². The first-order valence-corrected chi connectivity index (χ1v) is 10.1. The molecule has 0 radical (unpaired) electrons. The fraction of sp³-hybridized carbons (Fsp3) is 0.348. The minimum atomic E-state index is -0.647. The Morgan fingerprint density at radius 3 is 2.31 bits per heavy atom. The van der Waals surface area contributed by atoms with E-state index in [9.17, 15) is 14.4 Å². The molecule has 1 heterocycles. The van der Waals surface area contributed by atoms with Crippen LogP contribution in [-0.4, -0.2) is 36.3 Å². The van der Waals surface area contributed by atoms with Gasteiger partial charge in [-0.3, -0.25) is 14.4 Å². The van der Waals surface area contributed by atoms with Crippen molar-refractivity contribution in [2.75, 3.05) is 11.4 Å². The highest BCUT2D eigenvalue weighted by atomic mass is 16.2. The summed E-state index contributed by atoms with van der Waals surface area (Å²) in [6.45, 7) is 0.330. The van der Waals surface area contributed by atoms with Crippen LogP contribution in [0.15, 0.2) is 60.7 Å². The molecule has 0 unspecified atom stereocenters. The number of nitrogens with zero attached hydrogens (tertiary/aromatic N) is 1. The number of rotatable bonds is 7. The Bertz CT molecular complexity index is 881. The maximum absolute atomic E-state index is 12.9. The van der Waals surface area contributed by atoms with E-state index in [0.717, 1.165) is 24.1 Å². The third-order valence-corrected chi connectivity index (χ3v) is 5.40. The molecule has 2 aliphatic rings. The monoisotopic (exact) mass is 391 g/mol. The quantitative estimate of drug-likeness (QED) is 0.758. The summed E-state index contributed by atoms with van der Waals surface area (Å²) in [5.74, 6) is -0.939. The van der Waals surface area contributed by atoms with Gasteiger partial charge in [0.1, 0.15) is 6.04 Å². The van der Waals surface area contributed by atoms with Crippen LogP contribution in [0, 0.1) is 5.92 Å². The predicted molar refractivity (Wildman–Crippen MR) is 110 cm³/mol. The molecule has 150 valence electrons. The Hall–Kier alpha value is -3.15. The maximum Gasteiger partial charge on any atom is 0.243 e. The molecule has 0 aromatic heterocycles. The summed E-state index contributed by atoms with van der Waals surface area (Å²) in [7, 11) is 0. The second-order valence-electron chi connectivity index (χ2n) is 7.77. The van der Waals surface area contributed by atoms with E-state index in [1.165, 1.54) is 0 Å². The highest BCUT2D eigenvalue weighted by Gasteiger charge is 2.37. The number of hydrogen-bond acceptors (Lipinski definition) is 3. The second-order valence-corrected chi connectivity index (χ2v) is 7.77. The Morgan fingerprint density at radius 2 is 1.66 bits per heavy atom. The molecule has 2 atom stereocenters. The number of para-hydroxylation sites is 1. The van der Waals surface area contributed by atoms with E-state index in [2.05, 4.69) is 10.6 Å². The molecular weight excluding hydrogens is 366 g/mol. The first-order valence-electron chi connectivity index (χ1n) is 10.1. The van der Waals surface area contributed by atoms with Crippen LogP contribution in [0.1, 0.15) is 24.8 Å². The molecule has 29 heavy (non-hydrogen) atoms. The van der Waals surface area contributed by atoms with Gasteiger partial charge < -0.3 is 15.5 Å². The Balaban J connectivity index is 1.43. The molecule has 0 spiro atoms. The fourth-order valence-corrected chi connectivity index (χ4v) is 3.62. The summed E-state index contributed by atoms with van der Waals surface area (Å²) in [6.07, 6.45) is 2.55. The van der Waals surface area contributed by atoms with Crippen LogP contribution in [0.3, 0.4) is 0 Å². The lowest BCUT2D eigenvalue weighted by Crippen LogP contribution is -2.50. The molecule has 4 rings (SSSR count). The highest BCUT2D eigenvalue weighted by molar-refractivity contribution is 6.01. The van der Waals surface area contributed by atoms with E-state index in [1.54, 1.807) is 4.90 Å². The molecule has 6 heteroatoms. The van der Waals surface area contributed by atoms with Gasteiger partial charge in [0.15, 0.2) is 0 Å². The molecule has 1 aliphatic carbocycles. The predicted octanol–water partition coefficient (Wildman–Crippen LogP) is 2.05. The number of benzene rings is 2. The number of nitrogens with one attached hydrogen (secondary N) is 2. The molecule has 2 aromatic rings. The number of carbonyl (C=O) groups excluding carboxylic acids is 3. The van der Waals surface area contributed by atoms with E-state index in [4.69, 9.17) is 0 Å². The number of carbonyl (C=O) groups is 3. The van der Waals surface area contributed by atoms with Gasteiger partial charge in [-0.15, -0.1) is 0 Å². The number of anilines is 1. The zero-order valence-electron chi connectivity index (χ0n) is 16.2. The van der Waals surface area contributed by atoms with Crippen LogP contribution in [0.4, 0.5) is 5.69 Å². The van der Waals surface area contributed by atoms with Gasteiger partial charge in [-0.05, 0) is 30.5 Å². The fourth-order valence-electron chi connectivity index (χ4n) is 3.62. The average molecular weight is 391 g/mol. The highest BCUT2D eigenvalue weighted by Crippen LogP contribution is 2.25. The van der Waals surface area contributed by atoms with E-state index in [0.29, 0.717) is 13.0 Å². The van der Waals surface area contributed by atoms with Gasteiger partial charge in [0.25, 0.3) is 0 Å². The van der Waals surface area contributed by atoms with Crippen molar-refractivity contribution in [3.8, 4) is 0 Å². The molecule has 2 N–H and O–H groups in total. The van der Waals surface area contributed by atoms with Crippen molar-refractivity contribution in [1.82, 2.24) is 10.6 Å². The molecule has 2 fully saturated rings. The number of amides is 3. The van der Waals surface area contributed by atoms with Gasteiger partial charge in [-0.1, -0.05) is 48.5 Å². The third kappa shape index (κ3) is 4.83. The molecule has 2 aromatic carbocycles. The van der Waals surface area contributed by atoms with Crippen molar-refractivity contribution in [1.29, 1.82) is 0 Å². The van der Waals surface area contributed by atoms with Crippen LogP contribution in [-0.2, 0) is 20.8 Å². The lowest BCUT2D eigenvalue weighted by Gasteiger charge is -2.21. The first-order chi connectivity index (χ1) is 14.1. The SMILES string of the molecule is O=C(N[C@H](Cc1ccccc1)C(=O)NC1CC1)[C@@H]1CC(=O)N(c2ccccc2)C1. The van der Waals surface area contributed by atoms with Crippen LogP contribution < -0.4 is 15.5 Å². The van der Waals surface area contributed by atoms with Crippen molar-refractivity contribution in [2.24, 2.45) is 5.92 Å².